The Hall–Kier alpha value is -1.64. The molecule has 3 nitrogen and oxygen atoms in total. The van der Waals surface area contributed by atoms with Gasteiger partial charge in [-0.2, -0.15) is 0 Å². The number of hydrogen-bond donors (Lipinski definition) is 0. The molecule has 0 radical (unpaired) electrons. The molecule has 0 N–H and O–H groups in total. The second-order valence-electron chi connectivity index (χ2n) is 3.23. The highest BCUT2D eigenvalue weighted by molar-refractivity contribution is 5.45. The van der Waals surface area contributed by atoms with Crippen molar-refractivity contribution >= 4 is 0 Å². The Kier molecular flexibility index (Phi) is 2.31. The minimum Gasteiger partial charge on any atom is -0.248 e. The Morgan fingerprint density at radius 1 is 1.43 bits per heavy atom. The average Bonchev–Trinajstić information content (AvgIpc) is 2.61. The molecule has 0 unspecified atom stereocenters. The molecular formula is C11H14N3+. The van der Waals surface area contributed by atoms with Crippen LogP contribution in [0.15, 0.2) is 36.8 Å². The summed E-state index contributed by atoms with van der Waals surface area (Å²) in [5, 5.41) is 0. The van der Waals surface area contributed by atoms with Crippen LogP contribution in [-0.4, -0.2) is 9.55 Å². The van der Waals surface area contributed by atoms with Crippen LogP contribution >= 0.6 is 0 Å². The summed E-state index contributed by atoms with van der Waals surface area (Å²) < 4.78 is 4.27. The van der Waals surface area contributed by atoms with Crippen molar-refractivity contribution in [2.24, 2.45) is 7.05 Å². The largest absolute Gasteiger partial charge is 0.307 e. The molecule has 2 aromatic heterocycles. The smallest absolute Gasteiger partial charge is 0.248 e. The molecule has 14 heavy (non-hydrogen) atoms. The van der Waals surface area contributed by atoms with Crippen LogP contribution in [0.25, 0.3) is 11.5 Å². The number of pyridine rings is 1. The fourth-order valence-electron chi connectivity index (χ4n) is 1.60. The maximum Gasteiger partial charge on any atom is 0.307 e. The van der Waals surface area contributed by atoms with Crippen molar-refractivity contribution in [3.63, 3.8) is 0 Å². The van der Waals surface area contributed by atoms with Crippen molar-refractivity contribution < 1.29 is 4.57 Å². The second kappa shape index (κ2) is 3.62. The lowest BCUT2D eigenvalue weighted by molar-refractivity contribution is -0.659. The average molecular weight is 188 g/mol. The van der Waals surface area contributed by atoms with Crippen LogP contribution in [0.3, 0.4) is 0 Å². The van der Waals surface area contributed by atoms with Crippen LogP contribution in [0.5, 0.6) is 0 Å². The maximum absolute atomic E-state index is 4.35. The Balaban J connectivity index is 2.55. The van der Waals surface area contributed by atoms with Crippen LogP contribution in [0.2, 0.25) is 0 Å². The van der Waals surface area contributed by atoms with E-state index in [0.29, 0.717) is 0 Å². The van der Waals surface area contributed by atoms with Gasteiger partial charge in [-0.05, 0) is 19.1 Å². The van der Waals surface area contributed by atoms with E-state index in [2.05, 4.69) is 27.2 Å². The van der Waals surface area contributed by atoms with Crippen molar-refractivity contribution in [2.75, 3.05) is 0 Å². The maximum atomic E-state index is 4.35. The third-order valence-corrected chi connectivity index (χ3v) is 2.31. The Morgan fingerprint density at radius 2 is 2.29 bits per heavy atom. The molecule has 0 saturated heterocycles. The van der Waals surface area contributed by atoms with E-state index in [4.69, 9.17) is 0 Å². The molecule has 0 atom stereocenters. The molecule has 0 aliphatic carbocycles. The minimum atomic E-state index is 0.965. The first-order valence-electron chi connectivity index (χ1n) is 4.79. The summed E-state index contributed by atoms with van der Waals surface area (Å²) in [5.41, 5.74) is 1.02. The van der Waals surface area contributed by atoms with Crippen LogP contribution in [0.1, 0.15) is 6.92 Å². The van der Waals surface area contributed by atoms with Gasteiger partial charge in [0.2, 0.25) is 0 Å². The van der Waals surface area contributed by atoms with E-state index in [1.807, 2.05) is 37.6 Å². The van der Waals surface area contributed by atoms with Gasteiger partial charge in [-0.25, -0.2) is 14.1 Å². The highest BCUT2D eigenvalue weighted by atomic mass is 15.1. The van der Waals surface area contributed by atoms with Gasteiger partial charge in [0.15, 0.2) is 5.69 Å². The quantitative estimate of drug-likeness (QED) is 0.653. The lowest BCUT2D eigenvalue weighted by atomic mass is 10.3. The number of aryl methyl sites for hydroxylation is 2. The number of hydrogen-bond acceptors (Lipinski definition) is 1. The van der Waals surface area contributed by atoms with Crippen molar-refractivity contribution in [1.82, 2.24) is 9.55 Å². The van der Waals surface area contributed by atoms with Crippen molar-refractivity contribution in [1.29, 1.82) is 0 Å². The van der Waals surface area contributed by atoms with E-state index in [1.165, 1.54) is 0 Å². The zero-order chi connectivity index (χ0) is 9.97. The van der Waals surface area contributed by atoms with Gasteiger partial charge >= 0.3 is 5.82 Å². The SMILES string of the molecule is CCn1cc[n+](C)c1-c1ccccn1. The molecule has 0 aromatic carbocycles. The van der Waals surface area contributed by atoms with E-state index in [0.717, 1.165) is 18.1 Å². The zero-order valence-corrected chi connectivity index (χ0v) is 8.51. The normalized spacial score (nSPS) is 10.4. The number of rotatable bonds is 2. The number of imidazole rings is 1. The molecule has 72 valence electrons. The molecule has 2 heterocycles. The lowest BCUT2D eigenvalue weighted by Crippen LogP contribution is -2.29. The van der Waals surface area contributed by atoms with Crippen molar-refractivity contribution in [3.8, 4) is 11.5 Å². The molecule has 0 amide bonds. The molecule has 0 spiro atoms. The lowest BCUT2D eigenvalue weighted by Gasteiger charge is -1.98. The Morgan fingerprint density at radius 3 is 2.93 bits per heavy atom. The molecule has 0 bridgehead atoms. The third kappa shape index (κ3) is 1.41. The molecule has 0 aliphatic heterocycles. The van der Waals surface area contributed by atoms with E-state index < -0.39 is 0 Å². The third-order valence-electron chi connectivity index (χ3n) is 2.31. The van der Waals surface area contributed by atoms with Crippen LogP contribution in [-0.2, 0) is 13.6 Å². The molecule has 0 fully saturated rings. The molecular weight excluding hydrogens is 174 g/mol. The summed E-state index contributed by atoms with van der Waals surface area (Å²) in [6.45, 7) is 3.10. The van der Waals surface area contributed by atoms with Gasteiger partial charge in [0, 0.05) is 6.20 Å². The first kappa shape index (κ1) is 8.94. The van der Waals surface area contributed by atoms with E-state index >= 15 is 0 Å². The van der Waals surface area contributed by atoms with Crippen LogP contribution in [0, 0.1) is 0 Å². The van der Waals surface area contributed by atoms with Gasteiger partial charge in [-0.1, -0.05) is 6.07 Å². The first-order valence-corrected chi connectivity index (χ1v) is 4.79. The highest BCUT2D eigenvalue weighted by Crippen LogP contribution is 2.11. The molecule has 0 aliphatic rings. The summed E-state index contributed by atoms with van der Waals surface area (Å²) in [6, 6.07) is 5.97. The summed E-state index contributed by atoms with van der Waals surface area (Å²) in [6.07, 6.45) is 5.94. The fourth-order valence-corrected chi connectivity index (χ4v) is 1.60. The minimum absolute atomic E-state index is 0.965. The monoisotopic (exact) mass is 188 g/mol. The Bertz CT molecular complexity index is 417. The summed E-state index contributed by atoms with van der Waals surface area (Å²) in [5.74, 6) is 1.15. The van der Waals surface area contributed by atoms with Crippen molar-refractivity contribution in [3.05, 3.63) is 36.8 Å². The zero-order valence-electron chi connectivity index (χ0n) is 8.51. The highest BCUT2D eigenvalue weighted by Gasteiger charge is 2.15. The van der Waals surface area contributed by atoms with Gasteiger partial charge in [-0.3, -0.25) is 0 Å². The summed E-state index contributed by atoms with van der Waals surface area (Å²) in [7, 11) is 2.04. The fraction of sp³-hybridized carbons (Fsp3) is 0.273. The topological polar surface area (TPSA) is 21.7 Å². The number of aromatic nitrogens is 3. The number of nitrogens with zero attached hydrogens (tertiary/aromatic N) is 3. The Labute approximate surface area is 83.7 Å². The van der Waals surface area contributed by atoms with Gasteiger partial charge in [0.1, 0.15) is 12.4 Å². The first-order chi connectivity index (χ1) is 6.83. The van der Waals surface area contributed by atoms with E-state index in [-0.39, 0.29) is 0 Å². The standard InChI is InChI=1S/C11H14N3/c1-3-14-9-8-13(2)11(14)10-6-4-5-7-12-10/h4-9H,3H2,1-2H3/q+1. The second-order valence-corrected chi connectivity index (χ2v) is 3.23. The van der Waals surface area contributed by atoms with E-state index in [1.54, 1.807) is 0 Å². The summed E-state index contributed by atoms with van der Waals surface area (Å²) >= 11 is 0. The van der Waals surface area contributed by atoms with Crippen LogP contribution < -0.4 is 4.57 Å². The van der Waals surface area contributed by atoms with Crippen molar-refractivity contribution in [2.45, 2.75) is 13.5 Å². The molecule has 3 heteroatoms. The van der Waals surface area contributed by atoms with Gasteiger partial charge in [-0.15, -0.1) is 0 Å². The van der Waals surface area contributed by atoms with E-state index in [9.17, 15) is 0 Å². The molecule has 2 rings (SSSR count). The van der Waals surface area contributed by atoms with Gasteiger partial charge < -0.3 is 0 Å². The summed E-state index contributed by atoms with van der Waals surface area (Å²) in [4.78, 5) is 4.35. The molecule has 2 aromatic rings. The van der Waals surface area contributed by atoms with Crippen LogP contribution in [0.4, 0.5) is 0 Å². The predicted molar refractivity (Wildman–Crippen MR) is 54.5 cm³/mol. The van der Waals surface area contributed by atoms with Gasteiger partial charge in [0.25, 0.3) is 0 Å². The molecule has 0 saturated carbocycles. The predicted octanol–water partition coefficient (Wildman–Crippen LogP) is 1.39. The van der Waals surface area contributed by atoms with Gasteiger partial charge in [0.05, 0.1) is 13.6 Å².